The van der Waals surface area contributed by atoms with Crippen LogP contribution in [0.5, 0.6) is 0 Å². The van der Waals surface area contributed by atoms with E-state index in [2.05, 4.69) is 42.2 Å². The summed E-state index contributed by atoms with van der Waals surface area (Å²) < 4.78 is 6.73. The number of unbranched alkanes of at least 4 members (excludes halogenated alkanes) is 1. The van der Waals surface area contributed by atoms with Crippen LogP contribution < -0.4 is 11.3 Å². The molecule has 0 amide bonds. The first-order valence-electron chi connectivity index (χ1n) is 15.7. The zero-order chi connectivity index (χ0) is 28.8. The number of H-pyrrole nitrogens is 1. The number of nitrogens with one attached hydrogen (secondary N) is 1. The Balaban J connectivity index is 1.20. The molecule has 4 aliphatic rings. The number of aryl methyl sites for hydroxylation is 2. The van der Waals surface area contributed by atoms with Gasteiger partial charge in [-0.2, -0.15) is 0 Å². The van der Waals surface area contributed by atoms with Gasteiger partial charge in [-0.25, -0.2) is 9.78 Å². The van der Waals surface area contributed by atoms with Crippen LogP contribution in [0.1, 0.15) is 80.7 Å². The lowest BCUT2D eigenvalue weighted by Gasteiger charge is -2.57. The van der Waals surface area contributed by atoms with Gasteiger partial charge < -0.3 is 0 Å². The van der Waals surface area contributed by atoms with Crippen LogP contribution in [0.3, 0.4) is 0 Å². The van der Waals surface area contributed by atoms with Gasteiger partial charge in [0.2, 0.25) is 0 Å². The number of benzene rings is 2. The van der Waals surface area contributed by atoms with Gasteiger partial charge in [0.25, 0.3) is 5.56 Å². The fourth-order valence-electron chi connectivity index (χ4n) is 8.87. The van der Waals surface area contributed by atoms with Crippen LogP contribution in [0, 0.1) is 30.1 Å². The molecule has 0 saturated heterocycles. The molecular weight excluding hydrogens is 524 g/mol. The Hall–Kier alpha value is -3.74. The fourth-order valence-corrected chi connectivity index (χ4v) is 8.87. The number of hydrogen-bond acceptors (Lipinski definition) is 5. The largest absolute Gasteiger partial charge is 0.439 e. The second kappa shape index (κ2) is 10.8. The first-order chi connectivity index (χ1) is 20.4. The lowest BCUT2D eigenvalue weighted by atomic mass is 9.49. The third kappa shape index (κ3) is 5.07. The molecule has 7 nitrogen and oxygen atoms in total. The Morgan fingerprint density at radius 2 is 1.69 bits per heavy atom. The zero-order valence-corrected chi connectivity index (χ0v) is 24.7. The maximum atomic E-state index is 14.1. The molecule has 2 heterocycles. The van der Waals surface area contributed by atoms with Gasteiger partial charge in [-0.3, -0.25) is 18.9 Å². The van der Waals surface area contributed by atoms with E-state index in [-0.39, 0.29) is 11.0 Å². The highest BCUT2D eigenvalue weighted by atomic mass is 16.5. The molecule has 218 valence electrons. The van der Waals surface area contributed by atoms with E-state index in [0.717, 1.165) is 82.6 Å². The molecule has 8 rings (SSSR count). The summed E-state index contributed by atoms with van der Waals surface area (Å²) in [5.41, 5.74) is 7.25. The van der Waals surface area contributed by atoms with Crippen LogP contribution in [0.2, 0.25) is 0 Å². The maximum absolute atomic E-state index is 14.1. The lowest BCUT2D eigenvalue weighted by molar-refractivity contribution is -0.0625. The maximum Gasteiger partial charge on any atom is 0.439 e. The summed E-state index contributed by atoms with van der Waals surface area (Å²) in [5.74, 6) is 2.42. The van der Waals surface area contributed by atoms with Gasteiger partial charge in [0.05, 0.1) is 12.0 Å². The normalized spacial score (nSPS) is 24.4. The van der Waals surface area contributed by atoms with E-state index < -0.39 is 5.76 Å². The van der Waals surface area contributed by atoms with E-state index in [1.54, 1.807) is 0 Å². The highest BCUT2D eigenvalue weighted by Crippen LogP contribution is 2.60. The van der Waals surface area contributed by atoms with Crippen LogP contribution in [0.15, 0.2) is 62.9 Å². The monoisotopic (exact) mass is 564 g/mol. The number of rotatable bonds is 9. The molecule has 7 heteroatoms. The molecule has 0 atom stereocenters. The Morgan fingerprint density at radius 1 is 0.976 bits per heavy atom. The predicted octanol–water partition coefficient (Wildman–Crippen LogP) is 6.71. The van der Waals surface area contributed by atoms with E-state index in [4.69, 9.17) is 9.51 Å². The van der Waals surface area contributed by atoms with Crippen molar-refractivity contribution in [2.24, 2.45) is 23.2 Å². The smallest absolute Gasteiger partial charge is 0.298 e. The molecule has 4 aliphatic carbocycles. The molecular formula is C35H40N4O3. The Morgan fingerprint density at radius 3 is 2.33 bits per heavy atom. The van der Waals surface area contributed by atoms with Crippen molar-refractivity contribution in [1.29, 1.82) is 0 Å². The molecule has 0 unspecified atom stereocenters. The third-order valence-corrected chi connectivity index (χ3v) is 10.2. The van der Waals surface area contributed by atoms with Gasteiger partial charge in [-0.1, -0.05) is 61.0 Å². The van der Waals surface area contributed by atoms with Crippen LogP contribution in [0.4, 0.5) is 0 Å². The van der Waals surface area contributed by atoms with Gasteiger partial charge in [0.15, 0.2) is 5.82 Å². The molecule has 0 spiro atoms. The second-order valence-corrected chi connectivity index (χ2v) is 13.4. The first-order valence-corrected chi connectivity index (χ1v) is 15.7. The summed E-state index contributed by atoms with van der Waals surface area (Å²) in [5, 5.41) is 3.91. The van der Waals surface area contributed by atoms with Crippen molar-refractivity contribution in [3.8, 4) is 22.5 Å². The summed E-state index contributed by atoms with van der Waals surface area (Å²) in [7, 11) is 0. The zero-order valence-electron chi connectivity index (χ0n) is 24.7. The Kier molecular flexibility index (Phi) is 6.99. The summed E-state index contributed by atoms with van der Waals surface area (Å²) in [6.07, 6.45) is 13.4. The van der Waals surface area contributed by atoms with Crippen molar-refractivity contribution in [1.82, 2.24) is 19.7 Å². The topological polar surface area (TPSA) is 93.8 Å². The Labute approximate surface area is 246 Å². The van der Waals surface area contributed by atoms with Gasteiger partial charge >= 0.3 is 5.76 Å². The quantitative estimate of drug-likeness (QED) is 0.244. The van der Waals surface area contributed by atoms with Crippen molar-refractivity contribution in [2.45, 2.75) is 84.6 Å². The van der Waals surface area contributed by atoms with Gasteiger partial charge in [-0.15, -0.1) is 0 Å². The van der Waals surface area contributed by atoms with Gasteiger partial charge in [0.1, 0.15) is 0 Å². The van der Waals surface area contributed by atoms with Gasteiger partial charge in [-0.05, 0) is 104 Å². The number of hydrogen-bond donors (Lipinski definition) is 1. The van der Waals surface area contributed by atoms with Crippen molar-refractivity contribution in [3.05, 3.63) is 92.1 Å². The van der Waals surface area contributed by atoms with E-state index in [0.29, 0.717) is 12.2 Å². The van der Waals surface area contributed by atoms with E-state index in [1.165, 1.54) is 38.5 Å². The summed E-state index contributed by atoms with van der Waals surface area (Å²) >= 11 is 0. The molecule has 2 aromatic heterocycles. The SMILES string of the molecule is CCCCc1ncn(CC23CC4CC(CC(C4)C2)C3)c(=O)c1Cc1ccc(-c2ccccc2-c2noc(=O)[nH]2)c(C)c1. The molecule has 4 aromatic rings. The van der Waals surface area contributed by atoms with Crippen molar-refractivity contribution < 1.29 is 4.52 Å². The van der Waals surface area contributed by atoms with E-state index in [1.807, 2.05) is 35.2 Å². The molecule has 4 fully saturated rings. The minimum Gasteiger partial charge on any atom is -0.298 e. The van der Waals surface area contributed by atoms with E-state index in [9.17, 15) is 9.59 Å². The molecule has 0 radical (unpaired) electrons. The van der Waals surface area contributed by atoms with Gasteiger partial charge in [0, 0.05) is 24.1 Å². The van der Waals surface area contributed by atoms with Crippen molar-refractivity contribution in [3.63, 3.8) is 0 Å². The van der Waals surface area contributed by atoms with Crippen LogP contribution in [-0.4, -0.2) is 19.7 Å². The van der Waals surface area contributed by atoms with Crippen LogP contribution in [0.25, 0.3) is 22.5 Å². The van der Waals surface area contributed by atoms with E-state index >= 15 is 0 Å². The second-order valence-electron chi connectivity index (χ2n) is 13.4. The first kappa shape index (κ1) is 27.1. The molecule has 0 aliphatic heterocycles. The predicted molar refractivity (Wildman–Crippen MR) is 163 cm³/mol. The van der Waals surface area contributed by atoms with Crippen molar-refractivity contribution >= 4 is 0 Å². The average molecular weight is 565 g/mol. The molecule has 4 bridgehead atoms. The average Bonchev–Trinajstić information content (AvgIpc) is 3.40. The Bertz CT molecular complexity index is 1690. The minimum absolute atomic E-state index is 0.147. The molecule has 4 saturated carbocycles. The summed E-state index contributed by atoms with van der Waals surface area (Å²) in [4.78, 5) is 33.3. The summed E-state index contributed by atoms with van der Waals surface area (Å²) in [6.45, 7) is 5.10. The highest BCUT2D eigenvalue weighted by molar-refractivity contribution is 5.82. The molecule has 42 heavy (non-hydrogen) atoms. The van der Waals surface area contributed by atoms with Crippen LogP contribution >= 0.6 is 0 Å². The number of aromatic amines is 1. The fraction of sp³-hybridized carbons (Fsp3) is 0.486. The number of aromatic nitrogens is 4. The van der Waals surface area contributed by atoms with Crippen LogP contribution in [-0.2, 0) is 19.4 Å². The highest BCUT2D eigenvalue weighted by Gasteiger charge is 2.51. The standard InChI is InChI=1S/C35H40N4O3/c1-3-4-9-31-30(33(40)39(21-36-31)20-35-17-24-13-25(18-35)15-26(14-24)19-35)16-23-10-11-27(22(2)12-23)28-7-5-6-8-29(28)32-37-34(41)42-38-32/h5-8,10-12,21,24-26H,3-4,9,13-20H2,1-2H3,(H,37,38,41). The summed E-state index contributed by atoms with van der Waals surface area (Å²) in [6, 6.07) is 14.3. The number of nitrogens with zero attached hydrogens (tertiary/aromatic N) is 3. The third-order valence-electron chi connectivity index (χ3n) is 10.2. The lowest BCUT2D eigenvalue weighted by Crippen LogP contribution is -2.49. The van der Waals surface area contributed by atoms with Crippen molar-refractivity contribution in [2.75, 3.05) is 0 Å². The molecule has 2 aromatic carbocycles. The minimum atomic E-state index is -0.573. The molecule has 1 N–H and O–H groups in total.